The number of aromatic nitrogens is 5. The fraction of sp³-hybridized carbons (Fsp3) is 0.391. The molecule has 1 saturated heterocycles. The number of hydrogen-bond acceptors (Lipinski definition) is 7. The molecule has 0 radical (unpaired) electrons. The fourth-order valence-corrected chi connectivity index (χ4v) is 4.28. The molecule has 0 amide bonds. The van der Waals surface area contributed by atoms with E-state index in [1.165, 1.54) is 6.07 Å². The van der Waals surface area contributed by atoms with Crippen molar-refractivity contribution in [3.8, 4) is 0 Å². The van der Waals surface area contributed by atoms with Gasteiger partial charge in [0.15, 0.2) is 17.8 Å². The average molecular weight is 453 g/mol. The number of pyridine rings is 2. The summed E-state index contributed by atoms with van der Waals surface area (Å²) in [6.45, 7) is 7.99. The number of anilines is 2. The van der Waals surface area contributed by atoms with Gasteiger partial charge < -0.3 is 19.9 Å². The number of aryl methyl sites for hydroxylation is 2. The van der Waals surface area contributed by atoms with Gasteiger partial charge in [-0.1, -0.05) is 0 Å². The van der Waals surface area contributed by atoms with Gasteiger partial charge in [-0.2, -0.15) is 5.10 Å². The Labute approximate surface area is 191 Å². The Morgan fingerprint density at radius 2 is 1.94 bits per heavy atom. The number of nitrogens with zero attached hydrogens (tertiary/aromatic N) is 6. The van der Waals surface area contributed by atoms with E-state index in [0.29, 0.717) is 23.3 Å². The highest BCUT2D eigenvalue weighted by Gasteiger charge is 2.24. The molecule has 2 N–H and O–H groups in total. The van der Waals surface area contributed by atoms with Gasteiger partial charge in [-0.3, -0.25) is 9.48 Å². The highest BCUT2D eigenvalue weighted by molar-refractivity contribution is 6.00. The van der Waals surface area contributed by atoms with Crippen molar-refractivity contribution >= 4 is 34.3 Å². The van der Waals surface area contributed by atoms with Crippen molar-refractivity contribution in [1.82, 2.24) is 29.5 Å². The SMILES string of the molecule is CC1CN(c2ncc(C=O)c3nn(C)cc23)CC(C)N1.CNc1cc(F)c2nc(C)cn2c1. The van der Waals surface area contributed by atoms with Crippen LogP contribution in [0.3, 0.4) is 0 Å². The van der Waals surface area contributed by atoms with E-state index in [2.05, 4.69) is 44.4 Å². The van der Waals surface area contributed by atoms with Crippen LogP contribution >= 0.6 is 0 Å². The first kappa shape index (κ1) is 22.7. The molecule has 0 saturated carbocycles. The first-order chi connectivity index (χ1) is 15.8. The lowest BCUT2D eigenvalue weighted by Crippen LogP contribution is -2.54. The lowest BCUT2D eigenvalue weighted by Gasteiger charge is -2.37. The van der Waals surface area contributed by atoms with Crippen LogP contribution in [0, 0.1) is 12.7 Å². The molecule has 174 valence electrons. The molecule has 9 nitrogen and oxygen atoms in total. The second-order valence-electron chi connectivity index (χ2n) is 8.53. The zero-order valence-electron chi connectivity index (χ0n) is 19.5. The third kappa shape index (κ3) is 4.65. The third-order valence-electron chi connectivity index (χ3n) is 5.57. The van der Waals surface area contributed by atoms with Crippen LogP contribution in [-0.4, -0.2) is 62.7 Å². The van der Waals surface area contributed by atoms with Gasteiger partial charge in [0, 0.05) is 70.1 Å². The van der Waals surface area contributed by atoms with Crippen molar-refractivity contribution in [1.29, 1.82) is 0 Å². The molecule has 1 aliphatic rings. The maximum absolute atomic E-state index is 13.3. The summed E-state index contributed by atoms with van der Waals surface area (Å²) in [4.78, 5) is 21.9. The van der Waals surface area contributed by atoms with Gasteiger partial charge in [0.1, 0.15) is 11.3 Å². The molecule has 33 heavy (non-hydrogen) atoms. The first-order valence-electron chi connectivity index (χ1n) is 10.9. The summed E-state index contributed by atoms with van der Waals surface area (Å²) in [5.74, 6) is 0.610. The van der Waals surface area contributed by atoms with Crippen LogP contribution in [0.4, 0.5) is 15.9 Å². The van der Waals surface area contributed by atoms with Crippen LogP contribution in [-0.2, 0) is 7.05 Å². The minimum atomic E-state index is -0.306. The molecule has 5 heterocycles. The van der Waals surface area contributed by atoms with E-state index in [4.69, 9.17) is 0 Å². The minimum Gasteiger partial charge on any atom is -0.387 e. The number of carbonyl (C=O) groups is 1. The zero-order valence-corrected chi connectivity index (χ0v) is 19.5. The molecule has 5 rings (SSSR count). The van der Waals surface area contributed by atoms with E-state index < -0.39 is 0 Å². The Bertz CT molecular complexity index is 1290. The number of rotatable bonds is 3. The summed E-state index contributed by atoms with van der Waals surface area (Å²) < 4.78 is 16.7. The standard InChI is InChI=1S/C14H19N5O.C9H10FN3/c1-9-5-19(6-10(2)16-9)14-12-7-18(3)17-13(12)11(8-20)4-15-14;1-6-4-13-5-7(11-2)3-8(10)9(13)12-6/h4,7-10,16H,5-6H2,1-3H3;3-5,11H,1-2H3. The number of hydrogen-bond donors (Lipinski definition) is 2. The molecule has 0 spiro atoms. The van der Waals surface area contributed by atoms with Crippen LogP contribution in [0.25, 0.3) is 16.6 Å². The van der Waals surface area contributed by atoms with Crippen molar-refractivity contribution in [3.63, 3.8) is 0 Å². The maximum atomic E-state index is 13.3. The monoisotopic (exact) mass is 452 g/mol. The molecule has 2 atom stereocenters. The number of halogens is 1. The Hall–Kier alpha value is -3.53. The highest BCUT2D eigenvalue weighted by Crippen LogP contribution is 2.27. The summed E-state index contributed by atoms with van der Waals surface area (Å²) in [6, 6.07) is 2.26. The number of nitrogens with one attached hydrogen (secondary N) is 2. The molecule has 0 aromatic carbocycles. The Morgan fingerprint density at radius 1 is 1.21 bits per heavy atom. The summed E-state index contributed by atoms with van der Waals surface area (Å²) in [7, 11) is 3.62. The molecular weight excluding hydrogens is 423 g/mol. The van der Waals surface area contributed by atoms with Gasteiger partial charge in [0.05, 0.1) is 22.3 Å². The van der Waals surface area contributed by atoms with Crippen LogP contribution in [0.15, 0.2) is 30.9 Å². The second kappa shape index (κ2) is 9.14. The van der Waals surface area contributed by atoms with E-state index in [0.717, 1.165) is 47.5 Å². The molecule has 1 aliphatic heterocycles. The number of carbonyl (C=O) groups excluding carboxylic acids is 1. The number of imidazole rings is 1. The van der Waals surface area contributed by atoms with Crippen molar-refractivity contribution in [2.75, 3.05) is 30.4 Å². The van der Waals surface area contributed by atoms with Gasteiger partial charge in [0.2, 0.25) is 0 Å². The quantitative estimate of drug-likeness (QED) is 0.462. The molecule has 4 aromatic heterocycles. The zero-order chi connectivity index (χ0) is 23.7. The van der Waals surface area contributed by atoms with E-state index in [-0.39, 0.29) is 5.82 Å². The van der Waals surface area contributed by atoms with Gasteiger partial charge in [-0.15, -0.1) is 0 Å². The molecule has 4 aromatic rings. The lowest BCUT2D eigenvalue weighted by molar-refractivity contribution is 0.112. The smallest absolute Gasteiger partial charge is 0.173 e. The van der Waals surface area contributed by atoms with Crippen molar-refractivity contribution in [2.45, 2.75) is 32.9 Å². The molecule has 0 aliphatic carbocycles. The highest BCUT2D eigenvalue weighted by atomic mass is 19.1. The largest absolute Gasteiger partial charge is 0.387 e. The van der Waals surface area contributed by atoms with Gasteiger partial charge >= 0.3 is 0 Å². The molecule has 1 fully saturated rings. The predicted molar refractivity (Wildman–Crippen MR) is 128 cm³/mol. The van der Waals surface area contributed by atoms with Crippen LogP contribution < -0.4 is 15.5 Å². The summed E-state index contributed by atoms with van der Waals surface area (Å²) in [5, 5.41) is 11.7. The maximum Gasteiger partial charge on any atom is 0.173 e. The molecule has 0 bridgehead atoms. The summed E-state index contributed by atoms with van der Waals surface area (Å²) in [6.07, 6.45) is 7.96. The first-order valence-corrected chi connectivity index (χ1v) is 10.9. The molecular formula is C23H29FN8O. The van der Waals surface area contributed by atoms with Crippen LogP contribution in [0.1, 0.15) is 29.9 Å². The topological polar surface area (TPSA) is 92.4 Å². The lowest BCUT2D eigenvalue weighted by atomic mass is 10.1. The molecule has 2 unspecified atom stereocenters. The Morgan fingerprint density at radius 3 is 2.61 bits per heavy atom. The Kier molecular flexibility index (Phi) is 6.28. The van der Waals surface area contributed by atoms with E-state index in [1.807, 2.05) is 20.2 Å². The predicted octanol–water partition coefficient (Wildman–Crippen LogP) is 2.79. The number of fused-ring (bicyclic) bond motifs is 2. The van der Waals surface area contributed by atoms with Crippen molar-refractivity contribution in [3.05, 3.63) is 47.9 Å². The summed E-state index contributed by atoms with van der Waals surface area (Å²) >= 11 is 0. The minimum absolute atomic E-state index is 0.306. The summed E-state index contributed by atoms with van der Waals surface area (Å²) in [5.41, 5.74) is 3.19. The normalized spacial score (nSPS) is 18.3. The molecule has 10 heteroatoms. The third-order valence-corrected chi connectivity index (χ3v) is 5.57. The van der Waals surface area contributed by atoms with E-state index in [1.54, 1.807) is 34.7 Å². The van der Waals surface area contributed by atoms with E-state index in [9.17, 15) is 9.18 Å². The fourth-order valence-electron chi connectivity index (χ4n) is 4.28. The average Bonchev–Trinajstić information content (AvgIpc) is 3.34. The van der Waals surface area contributed by atoms with Gasteiger partial charge in [-0.25, -0.2) is 14.4 Å². The number of aldehydes is 1. The Balaban J connectivity index is 0.000000172. The van der Waals surface area contributed by atoms with Crippen molar-refractivity contribution < 1.29 is 9.18 Å². The number of piperazine rings is 1. The van der Waals surface area contributed by atoms with Gasteiger partial charge in [0.25, 0.3) is 0 Å². The second-order valence-corrected chi connectivity index (χ2v) is 8.53. The van der Waals surface area contributed by atoms with Crippen LogP contribution in [0.2, 0.25) is 0 Å². The van der Waals surface area contributed by atoms with Gasteiger partial charge in [-0.05, 0) is 20.8 Å². The van der Waals surface area contributed by atoms with Crippen molar-refractivity contribution in [2.24, 2.45) is 7.05 Å². The van der Waals surface area contributed by atoms with E-state index >= 15 is 0 Å². The van der Waals surface area contributed by atoms with Crippen LogP contribution in [0.5, 0.6) is 0 Å².